The zero-order valence-electron chi connectivity index (χ0n) is 17.1. The largest absolute Gasteiger partial charge is 0.481 e. The molecule has 11 nitrogen and oxygen atoms in total. The minimum Gasteiger partial charge on any atom is -0.481 e. The number of nitrogens with zero attached hydrogens (tertiary/aromatic N) is 2. The molecule has 11 heteroatoms. The number of aromatic amines is 1. The number of hydrogen-bond donors (Lipinski definition) is 4. The fourth-order valence-electron chi connectivity index (χ4n) is 4.24. The molecule has 0 bridgehead atoms. The highest BCUT2D eigenvalue weighted by atomic mass is 16.5. The Morgan fingerprint density at radius 3 is 2.60 bits per heavy atom. The maximum Gasteiger partial charge on any atom is 0.328 e. The van der Waals surface area contributed by atoms with E-state index in [9.17, 15) is 24.3 Å². The molecule has 2 aliphatic rings. The van der Waals surface area contributed by atoms with Crippen LogP contribution in [-0.2, 0) is 14.3 Å². The van der Waals surface area contributed by atoms with Gasteiger partial charge in [0.1, 0.15) is 5.60 Å². The number of rotatable bonds is 4. The van der Waals surface area contributed by atoms with Crippen molar-refractivity contribution in [1.29, 1.82) is 0 Å². The first-order chi connectivity index (χ1) is 13.9. The van der Waals surface area contributed by atoms with Gasteiger partial charge in [0.15, 0.2) is 0 Å². The van der Waals surface area contributed by atoms with Crippen molar-refractivity contribution in [3.05, 3.63) is 32.6 Å². The van der Waals surface area contributed by atoms with Gasteiger partial charge >= 0.3 is 11.7 Å². The van der Waals surface area contributed by atoms with E-state index in [1.807, 2.05) is 0 Å². The second kappa shape index (κ2) is 7.97. The number of nitrogens with one attached hydrogen (secondary N) is 1. The summed E-state index contributed by atoms with van der Waals surface area (Å²) in [5.41, 5.74) is 3.01. The monoisotopic (exact) mass is 424 g/mol. The fourth-order valence-corrected chi connectivity index (χ4v) is 4.24. The quantitative estimate of drug-likeness (QED) is 0.463. The molecule has 3 atom stereocenters. The van der Waals surface area contributed by atoms with E-state index < -0.39 is 52.8 Å². The number of nitrogens with two attached hydrogens (primary N) is 1. The molecule has 3 heterocycles. The summed E-state index contributed by atoms with van der Waals surface area (Å²) in [6.07, 6.45) is 2.26. The zero-order chi connectivity index (χ0) is 22.3. The number of ether oxygens (including phenoxy) is 1. The van der Waals surface area contributed by atoms with Crippen LogP contribution in [0.3, 0.4) is 0 Å². The third kappa shape index (κ3) is 4.32. The summed E-state index contributed by atoms with van der Waals surface area (Å²) in [5.74, 6) is -1.55. The van der Waals surface area contributed by atoms with E-state index in [-0.39, 0.29) is 6.61 Å². The maximum atomic E-state index is 12.4. The molecule has 1 spiro atoms. The molecule has 1 aromatic rings. The van der Waals surface area contributed by atoms with Crippen molar-refractivity contribution >= 4 is 11.9 Å². The van der Waals surface area contributed by atoms with E-state index in [1.165, 1.54) is 15.7 Å². The summed E-state index contributed by atoms with van der Waals surface area (Å²) in [7, 11) is 0. The van der Waals surface area contributed by atoms with E-state index in [0.717, 1.165) is 0 Å². The van der Waals surface area contributed by atoms with E-state index in [1.54, 1.807) is 13.8 Å². The number of aryl methyl sites for hydroxylation is 1. The van der Waals surface area contributed by atoms with E-state index in [2.05, 4.69) is 4.98 Å². The first kappa shape index (κ1) is 22.2. The number of amides is 1. The second-order valence-electron chi connectivity index (χ2n) is 8.56. The number of carbonyl (C=O) groups excluding carboxylic acids is 1. The van der Waals surface area contributed by atoms with Gasteiger partial charge in [0.2, 0.25) is 5.91 Å². The molecular formula is C19H28N4O7. The van der Waals surface area contributed by atoms with Crippen molar-refractivity contribution in [2.45, 2.75) is 62.8 Å². The summed E-state index contributed by atoms with van der Waals surface area (Å²) >= 11 is 0. The first-order valence-corrected chi connectivity index (χ1v) is 9.89. The van der Waals surface area contributed by atoms with E-state index in [4.69, 9.17) is 15.6 Å². The minimum absolute atomic E-state index is 0.00520. The van der Waals surface area contributed by atoms with Crippen LogP contribution in [0.4, 0.5) is 0 Å². The summed E-state index contributed by atoms with van der Waals surface area (Å²) in [4.78, 5) is 51.1. The number of H-pyrrole nitrogens is 1. The average molecular weight is 424 g/mol. The number of likely N-dealkylation sites (tertiary alicyclic amines) is 1. The highest BCUT2D eigenvalue weighted by molar-refractivity contribution is 5.86. The van der Waals surface area contributed by atoms with Crippen LogP contribution >= 0.6 is 0 Å². The summed E-state index contributed by atoms with van der Waals surface area (Å²) in [6, 6.07) is -1.72. The highest BCUT2D eigenvalue weighted by Gasteiger charge is 2.50. The van der Waals surface area contributed by atoms with Crippen LogP contribution in [0.1, 0.15) is 44.2 Å². The molecule has 0 radical (unpaired) electrons. The van der Waals surface area contributed by atoms with Crippen LogP contribution in [0.25, 0.3) is 0 Å². The Kier molecular flexibility index (Phi) is 5.89. The molecule has 166 valence electrons. The second-order valence-corrected chi connectivity index (χ2v) is 8.56. The van der Waals surface area contributed by atoms with Gasteiger partial charge in [-0.05, 0) is 26.7 Å². The molecular weight excluding hydrogens is 396 g/mol. The third-order valence-corrected chi connectivity index (χ3v) is 6.13. The van der Waals surface area contributed by atoms with Crippen LogP contribution < -0.4 is 17.0 Å². The Bertz CT molecular complexity index is 943. The first-order valence-electron chi connectivity index (χ1n) is 9.89. The predicted molar refractivity (Wildman–Crippen MR) is 105 cm³/mol. The van der Waals surface area contributed by atoms with Gasteiger partial charge in [0.05, 0.1) is 30.7 Å². The lowest BCUT2D eigenvalue weighted by molar-refractivity contribution is -0.202. The Labute approximate surface area is 172 Å². The van der Waals surface area contributed by atoms with Crippen LogP contribution in [-0.4, -0.2) is 73.5 Å². The number of aliphatic hydroxyl groups is 1. The van der Waals surface area contributed by atoms with Gasteiger partial charge in [-0.2, -0.15) is 0 Å². The maximum absolute atomic E-state index is 12.4. The molecule has 30 heavy (non-hydrogen) atoms. The number of piperidine rings is 1. The average Bonchev–Trinajstić information content (AvgIpc) is 2.67. The standard InChI is InChI=1S/C19H28N4O7/c1-11-9-23(17(28)21-15(11)26)13-8-19(30-10-18(13,2)29)3-5-22(6-4-19)16(27)12(20)7-14(24)25/h9,12-13,29H,3-8,10,20H2,1-2H3,(H,24,25)(H,21,26,28)/t12-,13-,18-/m0/s1. The summed E-state index contributed by atoms with van der Waals surface area (Å²) < 4.78 is 7.37. The Morgan fingerprint density at radius 1 is 1.37 bits per heavy atom. The van der Waals surface area contributed by atoms with Crippen LogP contribution in [0.2, 0.25) is 0 Å². The van der Waals surface area contributed by atoms with Crippen molar-refractivity contribution in [2.75, 3.05) is 19.7 Å². The van der Waals surface area contributed by atoms with Gasteiger partial charge in [-0.25, -0.2) is 4.79 Å². The van der Waals surface area contributed by atoms with Crippen molar-refractivity contribution < 1.29 is 24.5 Å². The molecule has 0 unspecified atom stereocenters. The normalized spacial score (nSPS) is 27.1. The van der Waals surface area contributed by atoms with Crippen LogP contribution in [0, 0.1) is 6.92 Å². The van der Waals surface area contributed by atoms with Gasteiger partial charge in [-0.3, -0.25) is 23.9 Å². The minimum atomic E-state index is -1.32. The molecule has 2 saturated heterocycles. The summed E-state index contributed by atoms with van der Waals surface area (Å²) in [6.45, 7) is 3.83. The number of aliphatic carboxylic acids is 1. The number of carboxylic acid groups (broad SMARTS) is 1. The van der Waals surface area contributed by atoms with E-state index in [0.29, 0.717) is 37.9 Å². The van der Waals surface area contributed by atoms with Gasteiger partial charge in [-0.1, -0.05) is 0 Å². The van der Waals surface area contributed by atoms with Crippen molar-refractivity contribution in [3.63, 3.8) is 0 Å². The van der Waals surface area contributed by atoms with Crippen LogP contribution in [0.5, 0.6) is 0 Å². The van der Waals surface area contributed by atoms with Crippen LogP contribution in [0.15, 0.2) is 15.8 Å². The highest BCUT2D eigenvalue weighted by Crippen LogP contribution is 2.43. The smallest absolute Gasteiger partial charge is 0.328 e. The van der Waals surface area contributed by atoms with Gasteiger partial charge in [-0.15, -0.1) is 0 Å². The number of hydrogen-bond acceptors (Lipinski definition) is 7. The third-order valence-electron chi connectivity index (χ3n) is 6.13. The zero-order valence-corrected chi connectivity index (χ0v) is 17.1. The van der Waals surface area contributed by atoms with E-state index >= 15 is 0 Å². The Hall–Kier alpha value is -2.50. The molecule has 3 rings (SSSR count). The van der Waals surface area contributed by atoms with Gasteiger partial charge < -0.3 is 25.6 Å². The van der Waals surface area contributed by atoms with Gasteiger partial charge in [0, 0.05) is 31.3 Å². The fraction of sp³-hybridized carbons (Fsp3) is 0.684. The summed E-state index contributed by atoms with van der Waals surface area (Å²) in [5, 5.41) is 19.7. The Morgan fingerprint density at radius 2 is 2.00 bits per heavy atom. The lowest BCUT2D eigenvalue weighted by Crippen LogP contribution is -2.59. The number of carbonyl (C=O) groups is 2. The van der Waals surface area contributed by atoms with Crippen molar-refractivity contribution in [1.82, 2.24) is 14.5 Å². The van der Waals surface area contributed by atoms with Crippen molar-refractivity contribution in [3.8, 4) is 0 Å². The lowest BCUT2D eigenvalue weighted by atomic mass is 9.77. The van der Waals surface area contributed by atoms with Gasteiger partial charge in [0.25, 0.3) is 5.56 Å². The topological polar surface area (TPSA) is 168 Å². The molecule has 2 aliphatic heterocycles. The number of aromatic nitrogens is 2. The molecule has 1 amide bonds. The van der Waals surface area contributed by atoms with Crippen molar-refractivity contribution in [2.24, 2.45) is 5.73 Å². The molecule has 0 aliphatic carbocycles. The predicted octanol–water partition coefficient (Wildman–Crippen LogP) is -1.28. The SMILES string of the molecule is Cc1cn([C@H]2CC3(CCN(C(=O)[C@@H](N)CC(=O)O)CC3)OC[C@]2(C)O)c(=O)[nH]c1=O. The molecule has 1 aromatic heterocycles. The molecule has 2 fully saturated rings. The molecule has 0 saturated carbocycles. The number of carboxylic acids is 1. The Balaban J connectivity index is 1.77. The molecule has 5 N–H and O–H groups in total. The molecule has 0 aromatic carbocycles. The lowest BCUT2D eigenvalue weighted by Gasteiger charge is -2.51.